The second-order valence-electron chi connectivity index (χ2n) is 5.83. The number of hydrogen-bond acceptors (Lipinski definition) is 4. The van der Waals surface area contributed by atoms with E-state index in [9.17, 15) is 14.9 Å². The number of rotatable bonds is 8. The fourth-order valence-corrected chi connectivity index (χ4v) is 2.50. The van der Waals surface area contributed by atoms with Gasteiger partial charge in [0.25, 0.3) is 5.69 Å². The molecule has 0 radical (unpaired) electrons. The van der Waals surface area contributed by atoms with E-state index < -0.39 is 4.92 Å². The molecule has 0 fully saturated rings. The molecule has 0 aliphatic carbocycles. The molecule has 1 amide bonds. The summed E-state index contributed by atoms with van der Waals surface area (Å²) in [6.45, 7) is 7.14. The lowest BCUT2D eigenvalue weighted by atomic mass is 10.2. The van der Waals surface area contributed by atoms with Crippen molar-refractivity contribution in [3.05, 3.63) is 75.8 Å². The van der Waals surface area contributed by atoms with E-state index in [2.05, 4.69) is 24.1 Å². The van der Waals surface area contributed by atoms with Crippen LogP contribution in [0, 0.1) is 10.1 Å². The van der Waals surface area contributed by atoms with E-state index in [1.165, 1.54) is 23.8 Å². The summed E-state index contributed by atoms with van der Waals surface area (Å²) in [7, 11) is 0. The fraction of sp³-hybridized carbons (Fsp3) is 0.250. The minimum Gasteiger partial charge on any atom is -0.323 e. The first-order chi connectivity index (χ1) is 12.5. The minimum absolute atomic E-state index is 0.00338. The maximum Gasteiger partial charge on any atom is 0.270 e. The summed E-state index contributed by atoms with van der Waals surface area (Å²) in [4.78, 5) is 24.6. The summed E-state index contributed by atoms with van der Waals surface area (Å²) >= 11 is 0. The molecule has 0 spiro atoms. The molecule has 0 aromatic heterocycles. The molecule has 1 N–H and O–H groups in total. The molecule has 2 aromatic rings. The average molecular weight is 353 g/mol. The molecule has 0 saturated carbocycles. The van der Waals surface area contributed by atoms with Gasteiger partial charge in [-0.1, -0.05) is 38.1 Å². The first-order valence-corrected chi connectivity index (χ1v) is 8.56. The smallest absolute Gasteiger partial charge is 0.270 e. The zero-order chi connectivity index (χ0) is 18.9. The van der Waals surface area contributed by atoms with Crippen molar-refractivity contribution in [2.75, 3.05) is 18.4 Å². The van der Waals surface area contributed by atoms with Gasteiger partial charge in [0.2, 0.25) is 5.91 Å². The van der Waals surface area contributed by atoms with Crippen LogP contribution < -0.4 is 5.32 Å². The van der Waals surface area contributed by atoms with Gasteiger partial charge in [0.05, 0.1) is 4.92 Å². The predicted octanol–water partition coefficient (Wildman–Crippen LogP) is 4.09. The monoisotopic (exact) mass is 353 g/mol. The number of amides is 1. The van der Waals surface area contributed by atoms with Gasteiger partial charge in [0.15, 0.2) is 0 Å². The molecule has 26 heavy (non-hydrogen) atoms. The number of hydrogen-bond donors (Lipinski definition) is 1. The van der Waals surface area contributed by atoms with Crippen molar-refractivity contribution >= 4 is 23.4 Å². The molecule has 0 aliphatic rings. The summed E-state index contributed by atoms with van der Waals surface area (Å²) in [5, 5.41) is 13.5. The van der Waals surface area contributed by atoms with Crippen molar-refractivity contribution in [1.82, 2.24) is 4.90 Å². The number of nitro benzene ring substituents is 1. The van der Waals surface area contributed by atoms with Gasteiger partial charge in [-0.15, -0.1) is 0 Å². The van der Waals surface area contributed by atoms with Crippen LogP contribution in [0.2, 0.25) is 0 Å². The third-order valence-corrected chi connectivity index (χ3v) is 4.03. The molecule has 136 valence electrons. The molecule has 0 aliphatic heterocycles. The zero-order valence-corrected chi connectivity index (χ0v) is 15.0. The van der Waals surface area contributed by atoms with Crippen LogP contribution in [-0.2, 0) is 11.3 Å². The standard InChI is InChI=1S/C20H23N3O3/c1-3-22(4-2)15-17-8-11-18(12-9-17)21-20(24)13-10-16-6-5-7-19(14-16)23(25)26/h5-14H,3-4,15H2,1-2H3,(H,21,24)/b13-10+. The number of carbonyl (C=O) groups is 1. The van der Waals surface area contributed by atoms with Crippen molar-refractivity contribution < 1.29 is 9.72 Å². The maximum atomic E-state index is 12.0. The molecule has 0 heterocycles. The number of carbonyl (C=O) groups excluding carboxylic acids is 1. The number of nitrogens with one attached hydrogen (secondary N) is 1. The molecular formula is C20H23N3O3. The van der Waals surface area contributed by atoms with Crippen LogP contribution in [0.4, 0.5) is 11.4 Å². The van der Waals surface area contributed by atoms with Crippen LogP contribution in [0.3, 0.4) is 0 Å². The highest BCUT2D eigenvalue weighted by atomic mass is 16.6. The Labute approximate surface area is 153 Å². The van der Waals surface area contributed by atoms with Gasteiger partial charge in [0.1, 0.15) is 0 Å². The lowest BCUT2D eigenvalue weighted by molar-refractivity contribution is -0.384. The highest BCUT2D eigenvalue weighted by Crippen LogP contribution is 2.15. The lowest BCUT2D eigenvalue weighted by Crippen LogP contribution is -2.22. The Morgan fingerprint density at radius 3 is 2.46 bits per heavy atom. The number of nitro groups is 1. The van der Waals surface area contributed by atoms with E-state index in [0.29, 0.717) is 11.3 Å². The number of anilines is 1. The number of benzene rings is 2. The van der Waals surface area contributed by atoms with Gasteiger partial charge in [-0.3, -0.25) is 19.8 Å². The average Bonchev–Trinajstić information content (AvgIpc) is 2.66. The molecule has 2 aromatic carbocycles. The Balaban J connectivity index is 1.95. The lowest BCUT2D eigenvalue weighted by Gasteiger charge is -2.18. The molecule has 0 unspecified atom stereocenters. The topological polar surface area (TPSA) is 75.5 Å². The Morgan fingerprint density at radius 2 is 1.85 bits per heavy atom. The fourth-order valence-electron chi connectivity index (χ4n) is 2.50. The molecule has 0 atom stereocenters. The van der Waals surface area contributed by atoms with Crippen molar-refractivity contribution in [2.45, 2.75) is 20.4 Å². The Hall–Kier alpha value is -2.99. The quantitative estimate of drug-likeness (QED) is 0.441. The van der Waals surface area contributed by atoms with E-state index in [1.807, 2.05) is 24.3 Å². The molecule has 6 heteroatoms. The van der Waals surface area contributed by atoms with Crippen LogP contribution in [0.15, 0.2) is 54.6 Å². The van der Waals surface area contributed by atoms with Crippen LogP contribution in [-0.4, -0.2) is 28.8 Å². The van der Waals surface area contributed by atoms with E-state index in [4.69, 9.17) is 0 Å². The first-order valence-electron chi connectivity index (χ1n) is 8.56. The zero-order valence-electron chi connectivity index (χ0n) is 15.0. The molecular weight excluding hydrogens is 330 g/mol. The Bertz CT molecular complexity index is 781. The van der Waals surface area contributed by atoms with E-state index in [-0.39, 0.29) is 11.6 Å². The van der Waals surface area contributed by atoms with Gasteiger partial charge in [-0.25, -0.2) is 0 Å². The van der Waals surface area contributed by atoms with Crippen LogP contribution >= 0.6 is 0 Å². The highest BCUT2D eigenvalue weighted by Gasteiger charge is 2.05. The molecule has 0 bridgehead atoms. The van der Waals surface area contributed by atoms with Crippen molar-refractivity contribution in [2.24, 2.45) is 0 Å². The summed E-state index contributed by atoms with van der Waals surface area (Å²) in [6, 6.07) is 13.9. The largest absolute Gasteiger partial charge is 0.323 e. The second-order valence-corrected chi connectivity index (χ2v) is 5.83. The first kappa shape index (κ1) is 19.3. The van der Waals surface area contributed by atoms with E-state index in [1.54, 1.807) is 18.2 Å². The third-order valence-electron chi connectivity index (χ3n) is 4.03. The van der Waals surface area contributed by atoms with E-state index in [0.717, 1.165) is 19.6 Å². The summed E-state index contributed by atoms with van der Waals surface area (Å²) in [6.07, 6.45) is 2.92. The van der Waals surface area contributed by atoms with Crippen molar-refractivity contribution in [3.63, 3.8) is 0 Å². The Kier molecular flexibility index (Phi) is 7.05. The summed E-state index contributed by atoms with van der Waals surface area (Å²) in [5.74, 6) is -0.284. The van der Waals surface area contributed by atoms with Gasteiger partial charge in [-0.2, -0.15) is 0 Å². The summed E-state index contributed by atoms with van der Waals surface area (Å²) in [5.41, 5.74) is 2.50. The van der Waals surface area contributed by atoms with Crippen molar-refractivity contribution in [1.29, 1.82) is 0 Å². The molecule has 0 saturated heterocycles. The van der Waals surface area contributed by atoms with Crippen LogP contribution in [0.5, 0.6) is 0 Å². The van der Waals surface area contributed by atoms with Gasteiger partial charge >= 0.3 is 0 Å². The van der Waals surface area contributed by atoms with Gasteiger partial charge in [-0.05, 0) is 42.4 Å². The molecule has 6 nitrogen and oxygen atoms in total. The third kappa shape index (κ3) is 5.82. The second kappa shape index (κ2) is 9.48. The minimum atomic E-state index is -0.461. The van der Waals surface area contributed by atoms with Crippen LogP contribution in [0.25, 0.3) is 6.08 Å². The normalized spacial score (nSPS) is 11.0. The highest BCUT2D eigenvalue weighted by molar-refractivity contribution is 6.01. The maximum absolute atomic E-state index is 12.0. The molecule has 2 rings (SSSR count). The van der Waals surface area contributed by atoms with Gasteiger partial charge < -0.3 is 5.32 Å². The Morgan fingerprint density at radius 1 is 1.15 bits per heavy atom. The summed E-state index contributed by atoms with van der Waals surface area (Å²) < 4.78 is 0. The number of nitrogens with zero attached hydrogens (tertiary/aromatic N) is 2. The van der Waals surface area contributed by atoms with Crippen LogP contribution in [0.1, 0.15) is 25.0 Å². The predicted molar refractivity (Wildman–Crippen MR) is 104 cm³/mol. The van der Waals surface area contributed by atoms with E-state index >= 15 is 0 Å². The number of non-ortho nitro benzene ring substituents is 1. The van der Waals surface area contributed by atoms with Gasteiger partial charge in [0, 0.05) is 30.4 Å². The van der Waals surface area contributed by atoms with Crippen molar-refractivity contribution in [3.8, 4) is 0 Å². The SMILES string of the molecule is CCN(CC)Cc1ccc(NC(=O)/C=C/c2cccc([N+](=O)[O-])c2)cc1.